The lowest BCUT2D eigenvalue weighted by atomic mass is 9.68. The highest BCUT2D eigenvalue weighted by Gasteiger charge is 2.48. The maximum atomic E-state index is 7.03. The summed E-state index contributed by atoms with van der Waals surface area (Å²) >= 11 is 0. The molecule has 1 aliphatic carbocycles. The maximum Gasteiger partial charge on any atom is 0.178 e. The first-order valence-corrected chi connectivity index (χ1v) is 19.2. The molecule has 0 saturated heterocycles. The fraction of sp³-hybridized carbons (Fsp3) is 0.0189. The summed E-state index contributed by atoms with van der Waals surface area (Å²) in [6.45, 7) is 0. The van der Waals surface area contributed by atoms with E-state index >= 15 is 0 Å². The Kier molecular flexibility index (Phi) is 7.68. The van der Waals surface area contributed by atoms with Crippen LogP contribution in [0.4, 0.5) is 0 Å². The van der Waals surface area contributed by atoms with Crippen LogP contribution in [0, 0.1) is 0 Å². The summed E-state index contributed by atoms with van der Waals surface area (Å²) in [6, 6.07) is 71.8. The molecule has 4 nitrogen and oxygen atoms in total. The molecule has 2 aliphatic rings. The summed E-state index contributed by atoms with van der Waals surface area (Å²) < 4.78 is 13.7. The van der Waals surface area contributed by atoms with Gasteiger partial charge in [-0.25, -0.2) is 9.97 Å². The summed E-state index contributed by atoms with van der Waals surface area (Å²) in [7, 11) is 0. The molecule has 0 unspecified atom stereocenters. The Balaban J connectivity index is 1.05. The fourth-order valence-electron chi connectivity index (χ4n) is 8.67. The monoisotopic (exact) mass is 730 g/mol. The van der Waals surface area contributed by atoms with Crippen LogP contribution in [0.1, 0.15) is 22.3 Å². The number of fused-ring (bicyclic) bond motifs is 6. The minimum Gasteiger partial charge on any atom is -0.449 e. The van der Waals surface area contributed by atoms with Gasteiger partial charge in [0.05, 0.1) is 16.8 Å². The second kappa shape index (κ2) is 13.3. The Bertz CT molecular complexity index is 2910. The van der Waals surface area contributed by atoms with Crippen molar-refractivity contribution in [3.05, 3.63) is 229 Å². The van der Waals surface area contributed by atoms with E-state index in [4.69, 9.17) is 19.4 Å². The summed E-state index contributed by atoms with van der Waals surface area (Å²) in [5, 5.41) is 0. The number of aromatic nitrogens is 2. The van der Waals surface area contributed by atoms with Gasteiger partial charge in [0.1, 0.15) is 0 Å². The van der Waals surface area contributed by atoms with E-state index in [1.807, 2.05) is 42.5 Å². The predicted octanol–water partition coefficient (Wildman–Crippen LogP) is 13.4. The Hall–Kier alpha value is -7.56. The van der Waals surface area contributed by atoms with Gasteiger partial charge in [0.15, 0.2) is 28.8 Å². The Labute approximate surface area is 331 Å². The standard InChI is InChI=1S/C53H34N2O2/c1-5-16-35(17-6-1)37-20-15-21-39(32-37)52-54-45(36-18-7-2-8-19-36)34-46(55-52)38-28-30-47-49(33-38)57-51-48(56-47)31-29-44-50(51)42-26-13-14-27-43(42)53(44,40-22-9-3-10-23-40)41-24-11-4-12-25-41/h1-34H. The van der Waals surface area contributed by atoms with Crippen LogP contribution in [0.25, 0.3) is 56.2 Å². The zero-order chi connectivity index (χ0) is 37.8. The fourth-order valence-corrected chi connectivity index (χ4v) is 8.67. The van der Waals surface area contributed by atoms with E-state index in [0.717, 1.165) is 55.9 Å². The van der Waals surface area contributed by atoms with E-state index in [1.165, 1.54) is 16.7 Å². The van der Waals surface area contributed by atoms with Gasteiger partial charge >= 0.3 is 0 Å². The van der Waals surface area contributed by atoms with Crippen LogP contribution in [0.2, 0.25) is 0 Å². The highest BCUT2D eigenvalue weighted by atomic mass is 16.6. The first kappa shape index (κ1) is 32.8. The van der Waals surface area contributed by atoms with E-state index in [2.05, 4.69) is 164 Å². The van der Waals surface area contributed by atoms with Crippen LogP contribution in [-0.2, 0) is 5.41 Å². The van der Waals surface area contributed by atoms with Gasteiger partial charge in [0, 0.05) is 22.3 Å². The van der Waals surface area contributed by atoms with Crippen LogP contribution in [0.5, 0.6) is 23.0 Å². The highest BCUT2D eigenvalue weighted by molar-refractivity contribution is 5.92. The number of ether oxygens (including phenoxy) is 2. The van der Waals surface area contributed by atoms with Crippen molar-refractivity contribution in [2.75, 3.05) is 0 Å². The van der Waals surface area contributed by atoms with Crippen LogP contribution in [-0.4, -0.2) is 9.97 Å². The highest BCUT2D eigenvalue weighted by Crippen LogP contribution is 2.62. The average Bonchev–Trinajstić information content (AvgIpc) is 3.61. The number of nitrogens with zero attached hydrogens (tertiary/aromatic N) is 2. The first-order valence-electron chi connectivity index (χ1n) is 19.2. The predicted molar refractivity (Wildman–Crippen MR) is 228 cm³/mol. The second-order valence-corrected chi connectivity index (χ2v) is 14.5. The minimum absolute atomic E-state index is 0.544. The molecule has 0 N–H and O–H groups in total. The van der Waals surface area contributed by atoms with Crippen molar-refractivity contribution in [3.63, 3.8) is 0 Å². The molecule has 11 rings (SSSR count). The van der Waals surface area contributed by atoms with E-state index in [-0.39, 0.29) is 0 Å². The molecule has 0 amide bonds. The topological polar surface area (TPSA) is 44.2 Å². The smallest absolute Gasteiger partial charge is 0.178 e. The molecule has 0 atom stereocenters. The maximum absolute atomic E-state index is 7.03. The molecule has 1 aliphatic heterocycles. The van der Waals surface area contributed by atoms with Gasteiger partial charge in [-0.1, -0.05) is 170 Å². The molecule has 0 saturated carbocycles. The number of rotatable bonds is 6. The molecule has 8 aromatic carbocycles. The number of hydrogen-bond acceptors (Lipinski definition) is 4. The Morgan fingerprint density at radius 1 is 0.351 bits per heavy atom. The van der Waals surface area contributed by atoms with Gasteiger partial charge in [0.25, 0.3) is 0 Å². The van der Waals surface area contributed by atoms with Crippen LogP contribution in [0.3, 0.4) is 0 Å². The van der Waals surface area contributed by atoms with E-state index < -0.39 is 5.41 Å². The first-order chi connectivity index (χ1) is 28.2. The SMILES string of the molecule is c1ccc(-c2cccc(-c3nc(-c4ccccc4)cc(-c4ccc5c(c4)Oc4c(ccc6c4-c4ccccc4C6(c4ccccc4)c4ccccc4)O5)n3)c2)cc1. The van der Waals surface area contributed by atoms with Crippen molar-refractivity contribution < 1.29 is 9.47 Å². The number of benzene rings is 8. The third-order valence-electron chi connectivity index (χ3n) is 11.2. The largest absolute Gasteiger partial charge is 0.449 e. The Morgan fingerprint density at radius 3 is 1.65 bits per heavy atom. The van der Waals surface area contributed by atoms with Gasteiger partial charge in [0.2, 0.25) is 0 Å². The molecule has 0 spiro atoms. The molecule has 57 heavy (non-hydrogen) atoms. The molecule has 0 radical (unpaired) electrons. The third kappa shape index (κ3) is 5.37. The molecule has 0 fully saturated rings. The molecule has 268 valence electrons. The van der Waals surface area contributed by atoms with Gasteiger partial charge in [-0.3, -0.25) is 0 Å². The van der Waals surface area contributed by atoms with Crippen molar-refractivity contribution >= 4 is 0 Å². The second-order valence-electron chi connectivity index (χ2n) is 14.5. The van der Waals surface area contributed by atoms with Crippen LogP contribution >= 0.6 is 0 Å². The Morgan fingerprint density at radius 2 is 0.930 bits per heavy atom. The quantitative estimate of drug-likeness (QED) is 0.171. The molecule has 4 heteroatoms. The summed E-state index contributed by atoms with van der Waals surface area (Å²) in [4.78, 5) is 10.3. The van der Waals surface area contributed by atoms with Gasteiger partial charge < -0.3 is 9.47 Å². The van der Waals surface area contributed by atoms with Crippen molar-refractivity contribution in [1.82, 2.24) is 9.97 Å². The van der Waals surface area contributed by atoms with E-state index in [9.17, 15) is 0 Å². The van der Waals surface area contributed by atoms with E-state index in [0.29, 0.717) is 28.8 Å². The summed E-state index contributed by atoms with van der Waals surface area (Å²) in [6.07, 6.45) is 0. The third-order valence-corrected chi connectivity index (χ3v) is 11.2. The number of hydrogen-bond donors (Lipinski definition) is 0. The molecule has 2 heterocycles. The summed E-state index contributed by atoms with van der Waals surface area (Å²) in [5.41, 5.74) is 13.1. The van der Waals surface area contributed by atoms with Gasteiger partial charge in [-0.05, 0) is 75.3 Å². The molecular formula is C53H34N2O2. The average molecular weight is 731 g/mol. The van der Waals surface area contributed by atoms with Crippen molar-refractivity contribution in [1.29, 1.82) is 0 Å². The van der Waals surface area contributed by atoms with Crippen LogP contribution in [0.15, 0.2) is 206 Å². The summed E-state index contributed by atoms with van der Waals surface area (Å²) in [5.74, 6) is 3.34. The molecular weight excluding hydrogens is 697 g/mol. The van der Waals surface area contributed by atoms with E-state index in [1.54, 1.807) is 0 Å². The zero-order valence-electron chi connectivity index (χ0n) is 30.8. The van der Waals surface area contributed by atoms with Gasteiger partial charge in [-0.2, -0.15) is 0 Å². The zero-order valence-corrected chi connectivity index (χ0v) is 30.8. The molecule has 9 aromatic rings. The van der Waals surface area contributed by atoms with Crippen molar-refractivity contribution in [2.24, 2.45) is 0 Å². The van der Waals surface area contributed by atoms with Crippen molar-refractivity contribution in [2.45, 2.75) is 5.41 Å². The van der Waals surface area contributed by atoms with Gasteiger partial charge in [-0.15, -0.1) is 0 Å². The van der Waals surface area contributed by atoms with Crippen molar-refractivity contribution in [3.8, 4) is 79.2 Å². The lowest BCUT2D eigenvalue weighted by molar-refractivity contribution is 0.360. The normalized spacial score (nSPS) is 13.0. The lowest BCUT2D eigenvalue weighted by Crippen LogP contribution is -2.28. The molecule has 0 bridgehead atoms. The van der Waals surface area contributed by atoms with Crippen LogP contribution < -0.4 is 9.47 Å². The lowest BCUT2D eigenvalue weighted by Gasteiger charge is -2.34. The minimum atomic E-state index is -0.544. The molecule has 1 aromatic heterocycles.